The zero-order chi connectivity index (χ0) is 17.3. The number of carbonyl (C=O) groups excluding carboxylic acids is 1. The largest absolute Gasteiger partial charge is 0.497 e. The Bertz CT molecular complexity index is 770. The van der Waals surface area contributed by atoms with Gasteiger partial charge in [0.25, 0.3) is 0 Å². The fourth-order valence-corrected chi connectivity index (χ4v) is 4.32. The van der Waals surface area contributed by atoms with Crippen molar-refractivity contribution in [2.75, 3.05) is 7.11 Å². The first-order valence-electron chi connectivity index (χ1n) is 9.14. The predicted molar refractivity (Wildman–Crippen MR) is 97.3 cm³/mol. The van der Waals surface area contributed by atoms with Crippen molar-refractivity contribution >= 4 is 5.78 Å². The van der Waals surface area contributed by atoms with Gasteiger partial charge in [-0.15, -0.1) is 0 Å². The van der Waals surface area contributed by atoms with Crippen molar-refractivity contribution < 1.29 is 14.3 Å². The van der Waals surface area contributed by atoms with E-state index in [-0.39, 0.29) is 5.41 Å². The quantitative estimate of drug-likeness (QED) is 0.791. The molecule has 1 saturated carbocycles. The van der Waals surface area contributed by atoms with E-state index in [1.807, 2.05) is 42.5 Å². The number of ether oxygens (including phenoxy) is 2. The van der Waals surface area contributed by atoms with Gasteiger partial charge in [-0.2, -0.15) is 0 Å². The molecular weight excluding hydrogens is 312 g/mol. The second-order valence-electron chi connectivity index (χ2n) is 7.27. The Hall–Kier alpha value is -2.29. The Labute approximate surface area is 149 Å². The van der Waals surface area contributed by atoms with Crippen LogP contribution in [-0.2, 0) is 13.0 Å². The average molecular weight is 336 g/mol. The summed E-state index contributed by atoms with van der Waals surface area (Å²) in [5.41, 5.74) is 2.94. The lowest BCUT2D eigenvalue weighted by atomic mass is 9.71. The van der Waals surface area contributed by atoms with E-state index in [0.29, 0.717) is 12.4 Å². The molecule has 0 saturated heterocycles. The van der Waals surface area contributed by atoms with Gasteiger partial charge < -0.3 is 9.47 Å². The number of hydrogen-bond donors (Lipinski definition) is 0. The molecule has 130 valence electrons. The molecule has 0 aliphatic heterocycles. The van der Waals surface area contributed by atoms with Crippen LogP contribution < -0.4 is 9.47 Å². The minimum Gasteiger partial charge on any atom is -0.497 e. The molecule has 0 atom stereocenters. The Morgan fingerprint density at radius 2 is 1.76 bits per heavy atom. The van der Waals surface area contributed by atoms with Crippen LogP contribution in [0.25, 0.3) is 0 Å². The third-order valence-electron chi connectivity index (χ3n) is 5.74. The zero-order valence-electron chi connectivity index (χ0n) is 14.7. The molecule has 0 bridgehead atoms. The molecule has 0 N–H and O–H groups in total. The highest BCUT2D eigenvalue weighted by atomic mass is 16.5. The van der Waals surface area contributed by atoms with E-state index in [9.17, 15) is 4.79 Å². The Balaban J connectivity index is 1.54. The van der Waals surface area contributed by atoms with Gasteiger partial charge in [0.1, 0.15) is 18.1 Å². The van der Waals surface area contributed by atoms with Crippen molar-refractivity contribution in [1.29, 1.82) is 0 Å². The van der Waals surface area contributed by atoms with E-state index < -0.39 is 0 Å². The van der Waals surface area contributed by atoms with E-state index >= 15 is 0 Å². The van der Waals surface area contributed by atoms with Gasteiger partial charge in [-0.1, -0.05) is 43.5 Å². The van der Waals surface area contributed by atoms with Gasteiger partial charge in [0.2, 0.25) is 0 Å². The number of benzene rings is 2. The average Bonchev–Trinajstić information content (AvgIpc) is 2.93. The van der Waals surface area contributed by atoms with Crippen LogP contribution in [0.15, 0.2) is 42.5 Å². The maximum atomic E-state index is 13.0. The summed E-state index contributed by atoms with van der Waals surface area (Å²) in [6.45, 7) is 0.502. The Kier molecular flexibility index (Phi) is 4.24. The number of methoxy groups -OCH3 is 1. The number of carbonyl (C=O) groups is 1. The van der Waals surface area contributed by atoms with Gasteiger partial charge in [-0.3, -0.25) is 4.79 Å². The van der Waals surface area contributed by atoms with Gasteiger partial charge in [-0.25, -0.2) is 0 Å². The monoisotopic (exact) mass is 336 g/mol. The summed E-state index contributed by atoms with van der Waals surface area (Å²) in [6, 6.07) is 13.8. The van der Waals surface area contributed by atoms with Gasteiger partial charge in [0, 0.05) is 16.5 Å². The van der Waals surface area contributed by atoms with Crippen LogP contribution in [0.2, 0.25) is 0 Å². The fourth-order valence-electron chi connectivity index (χ4n) is 4.32. The Morgan fingerprint density at radius 1 is 1.00 bits per heavy atom. The molecule has 25 heavy (non-hydrogen) atoms. The molecule has 1 fully saturated rings. The standard InChI is InChI=1S/C22H24O3/c1-24-17-10-8-16(9-11-17)15-25-20-7-5-6-18-19(20)14-22(21(18)23)12-3-2-4-13-22/h5-11H,2-4,12-15H2,1H3. The number of hydrogen-bond acceptors (Lipinski definition) is 3. The van der Waals surface area contributed by atoms with Gasteiger partial charge in [0.15, 0.2) is 5.78 Å². The summed E-state index contributed by atoms with van der Waals surface area (Å²) >= 11 is 0. The first-order chi connectivity index (χ1) is 12.2. The molecule has 0 aromatic heterocycles. The number of Topliss-reactive ketones (excluding diaryl/α,β-unsaturated/α-hetero) is 1. The molecule has 3 nitrogen and oxygen atoms in total. The van der Waals surface area contributed by atoms with Crippen LogP contribution in [0, 0.1) is 5.41 Å². The summed E-state index contributed by atoms with van der Waals surface area (Å²) in [5.74, 6) is 2.05. The van der Waals surface area contributed by atoms with E-state index in [4.69, 9.17) is 9.47 Å². The lowest BCUT2D eigenvalue weighted by Crippen LogP contribution is -2.30. The summed E-state index contributed by atoms with van der Waals surface area (Å²) < 4.78 is 11.3. The molecule has 1 spiro atoms. The third-order valence-corrected chi connectivity index (χ3v) is 5.74. The molecule has 0 heterocycles. The molecule has 4 rings (SSSR count). The maximum absolute atomic E-state index is 13.0. The predicted octanol–water partition coefficient (Wildman–Crippen LogP) is 4.96. The minimum atomic E-state index is -0.153. The first kappa shape index (κ1) is 16.2. The van der Waals surface area contributed by atoms with Gasteiger partial charge in [-0.05, 0) is 43.0 Å². The van der Waals surface area contributed by atoms with Crippen LogP contribution in [0.3, 0.4) is 0 Å². The number of ketones is 1. The molecule has 3 heteroatoms. The van der Waals surface area contributed by atoms with E-state index in [1.165, 1.54) is 19.3 Å². The lowest BCUT2D eigenvalue weighted by Gasteiger charge is -2.31. The van der Waals surface area contributed by atoms with Crippen molar-refractivity contribution in [2.45, 2.75) is 45.1 Å². The highest BCUT2D eigenvalue weighted by Crippen LogP contribution is 2.49. The zero-order valence-corrected chi connectivity index (χ0v) is 14.7. The molecule has 0 amide bonds. The van der Waals surface area contributed by atoms with E-state index in [2.05, 4.69) is 0 Å². The summed E-state index contributed by atoms with van der Waals surface area (Å²) in [4.78, 5) is 13.0. The van der Waals surface area contributed by atoms with Crippen molar-refractivity contribution in [1.82, 2.24) is 0 Å². The molecule has 2 aromatic rings. The second-order valence-corrected chi connectivity index (χ2v) is 7.27. The number of fused-ring (bicyclic) bond motifs is 1. The topological polar surface area (TPSA) is 35.5 Å². The van der Waals surface area contributed by atoms with Crippen LogP contribution in [0.5, 0.6) is 11.5 Å². The van der Waals surface area contributed by atoms with Crippen LogP contribution in [0.4, 0.5) is 0 Å². The first-order valence-corrected chi connectivity index (χ1v) is 9.14. The van der Waals surface area contributed by atoms with Crippen LogP contribution in [0.1, 0.15) is 53.6 Å². The Morgan fingerprint density at radius 3 is 2.48 bits per heavy atom. The lowest BCUT2D eigenvalue weighted by molar-refractivity contribution is 0.0747. The van der Waals surface area contributed by atoms with Gasteiger partial charge in [0.05, 0.1) is 7.11 Å². The van der Waals surface area contributed by atoms with Crippen LogP contribution in [-0.4, -0.2) is 12.9 Å². The van der Waals surface area contributed by atoms with E-state index in [1.54, 1.807) is 7.11 Å². The summed E-state index contributed by atoms with van der Waals surface area (Å²) in [6.07, 6.45) is 6.49. The van der Waals surface area contributed by atoms with Crippen molar-refractivity contribution in [2.24, 2.45) is 5.41 Å². The van der Waals surface area contributed by atoms with Gasteiger partial charge >= 0.3 is 0 Å². The summed E-state index contributed by atoms with van der Waals surface area (Å²) in [5, 5.41) is 0. The normalized spacial score (nSPS) is 18.2. The van der Waals surface area contributed by atoms with Crippen molar-refractivity contribution in [3.63, 3.8) is 0 Å². The highest BCUT2D eigenvalue weighted by molar-refractivity contribution is 6.05. The van der Waals surface area contributed by atoms with Crippen molar-refractivity contribution in [3.05, 3.63) is 59.2 Å². The summed E-state index contributed by atoms with van der Waals surface area (Å²) in [7, 11) is 1.66. The third kappa shape index (κ3) is 2.92. The second kappa shape index (κ2) is 6.55. The molecule has 2 aliphatic carbocycles. The molecule has 0 radical (unpaired) electrons. The fraction of sp³-hybridized carbons (Fsp3) is 0.409. The SMILES string of the molecule is COc1ccc(COc2cccc3c2CC2(CCCCC2)C3=O)cc1. The molecule has 2 aliphatic rings. The van der Waals surface area contributed by atoms with Crippen LogP contribution >= 0.6 is 0 Å². The molecule has 2 aromatic carbocycles. The highest BCUT2D eigenvalue weighted by Gasteiger charge is 2.46. The van der Waals surface area contributed by atoms with Crippen molar-refractivity contribution in [3.8, 4) is 11.5 Å². The minimum absolute atomic E-state index is 0.153. The smallest absolute Gasteiger partial charge is 0.169 e. The maximum Gasteiger partial charge on any atom is 0.169 e. The number of rotatable bonds is 4. The molecular formula is C22H24O3. The molecule has 0 unspecified atom stereocenters. The van der Waals surface area contributed by atoms with E-state index in [0.717, 1.165) is 47.5 Å².